The highest BCUT2D eigenvalue weighted by Crippen LogP contribution is 2.24. The third-order valence-corrected chi connectivity index (χ3v) is 3.25. The Bertz CT molecular complexity index is 545. The van der Waals surface area contributed by atoms with Crippen LogP contribution in [-0.2, 0) is 6.42 Å². The van der Waals surface area contributed by atoms with Crippen LogP contribution in [0.2, 0.25) is 5.02 Å². The lowest BCUT2D eigenvalue weighted by Gasteiger charge is -2.03. The topological polar surface area (TPSA) is 30.2 Å². The fourth-order valence-corrected chi connectivity index (χ4v) is 2.09. The lowest BCUT2D eigenvalue weighted by atomic mass is 10.1. The molecule has 0 aliphatic rings. The molecule has 1 aromatic heterocycles. The van der Waals surface area contributed by atoms with Crippen LogP contribution in [0.1, 0.15) is 16.1 Å². The third kappa shape index (κ3) is 2.58. The number of Topliss-reactive ketones (excluding diaryl/α,β-unsaturated/α-hetero) is 1. The van der Waals surface area contributed by atoms with Gasteiger partial charge in [-0.2, -0.15) is 0 Å². The molecule has 0 unspecified atom stereocenters. The zero-order chi connectivity index (χ0) is 12.4. The van der Waals surface area contributed by atoms with Crippen molar-refractivity contribution in [3.63, 3.8) is 0 Å². The van der Waals surface area contributed by atoms with Gasteiger partial charge in [-0.1, -0.05) is 17.7 Å². The maximum absolute atomic E-state index is 13.5. The fourth-order valence-electron chi connectivity index (χ4n) is 1.43. The zero-order valence-electron chi connectivity index (χ0n) is 8.54. The van der Waals surface area contributed by atoms with E-state index in [9.17, 15) is 9.18 Å². The second-order valence-electron chi connectivity index (χ2n) is 3.40. The molecular formula is C12H7BrClFO2. The van der Waals surface area contributed by atoms with Crippen LogP contribution < -0.4 is 0 Å². The molecule has 1 aromatic carbocycles. The molecule has 2 rings (SSSR count). The van der Waals surface area contributed by atoms with Crippen LogP contribution in [0.4, 0.5) is 4.39 Å². The molecule has 0 spiro atoms. The minimum Gasteiger partial charge on any atom is -0.460 e. The molecule has 0 saturated heterocycles. The molecule has 0 N–H and O–H groups in total. The van der Waals surface area contributed by atoms with Crippen LogP contribution in [0.3, 0.4) is 0 Å². The van der Waals surface area contributed by atoms with Gasteiger partial charge in [0.1, 0.15) is 5.82 Å². The van der Waals surface area contributed by atoms with Crippen LogP contribution in [0.25, 0.3) is 0 Å². The molecule has 2 aromatic rings. The Morgan fingerprint density at radius 2 is 2.18 bits per heavy atom. The van der Waals surface area contributed by atoms with E-state index in [0.717, 1.165) is 0 Å². The predicted octanol–water partition coefficient (Wildman–Crippen LogP) is 4.26. The Morgan fingerprint density at radius 1 is 1.41 bits per heavy atom. The fraction of sp³-hybridized carbons (Fsp3) is 0.0833. The molecule has 1 heterocycles. The van der Waals surface area contributed by atoms with Crippen molar-refractivity contribution in [2.75, 3.05) is 0 Å². The Hall–Kier alpha value is -1.13. The first-order valence-electron chi connectivity index (χ1n) is 4.78. The maximum Gasteiger partial charge on any atom is 0.203 e. The van der Waals surface area contributed by atoms with Gasteiger partial charge < -0.3 is 4.42 Å². The number of ketones is 1. The Morgan fingerprint density at radius 3 is 2.76 bits per heavy atom. The average Bonchev–Trinajstić information content (AvgIpc) is 2.70. The first-order chi connectivity index (χ1) is 8.09. The minimum absolute atomic E-state index is 0.127. The van der Waals surface area contributed by atoms with Crippen molar-refractivity contribution < 1.29 is 13.6 Å². The van der Waals surface area contributed by atoms with Crippen molar-refractivity contribution in [1.82, 2.24) is 0 Å². The van der Waals surface area contributed by atoms with Crippen molar-refractivity contribution in [3.05, 3.63) is 57.2 Å². The number of hydrogen-bond acceptors (Lipinski definition) is 2. The monoisotopic (exact) mass is 316 g/mol. The Kier molecular flexibility index (Phi) is 3.64. The molecular weight excluding hydrogens is 310 g/mol. The van der Waals surface area contributed by atoms with Crippen LogP contribution in [-0.4, -0.2) is 5.78 Å². The molecule has 2 nitrogen and oxygen atoms in total. The number of benzene rings is 1. The van der Waals surface area contributed by atoms with Gasteiger partial charge in [-0.05, 0) is 34.1 Å². The van der Waals surface area contributed by atoms with Gasteiger partial charge >= 0.3 is 0 Å². The number of carbonyl (C=O) groups excluding carboxylic acids is 1. The highest BCUT2D eigenvalue weighted by Gasteiger charge is 2.18. The molecule has 0 aliphatic heterocycles. The van der Waals surface area contributed by atoms with Gasteiger partial charge in [0.2, 0.25) is 5.78 Å². The summed E-state index contributed by atoms with van der Waals surface area (Å²) in [5.41, 5.74) is 0.183. The van der Waals surface area contributed by atoms with Gasteiger partial charge in [0.05, 0.1) is 10.7 Å². The summed E-state index contributed by atoms with van der Waals surface area (Å²) in [4.78, 5) is 11.9. The molecule has 0 atom stereocenters. The van der Waals surface area contributed by atoms with Gasteiger partial charge in [0, 0.05) is 17.0 Å². The minimum atomic E-state index is -0.492. The normalized spacial score (nSPS) is 10.5. The molecule has 0 amide bonds. The van der Waals surface area contributed by atoms with Gasteiger partial charge in [0.15, 0.2) is 5.76 Å². The van der Waals surface area contributed by atoms with Gasteiger partial charge in [-0.15, -0.1) is 0 Å². The maximum atomic E-state index is 13.5. The Balaban J connectivity index is 2.28. The summed E-state index contributed by atoms with van der Waals surface area (Å²) < 4.78 is 19.0. The quantitative estimate of drug-likeness (QED) is 0.792. The van der Waals surface area contributed by atoms with Crippen LogP contribution in [0.15, 0.2) is 39.4 Å². The molecule has 0 fully saturated rings. The first kappa shape index (κ1) is 12.3. The van der Waals surface area contributed by atoms with E-state index in [1.807, 2.05) is 0 Å². The summed E-state index contributed by atoms with van der Waals surface area (Å²) in [6, 6.07) is 5.92. The molecule has 88 valence electrons. The molecule has 17 heavy (non-hydrogen) atoms. The standard InChI is InChI=1S/C12H7BrClFO2/c13-8-4-5-17-12(8)11(16)6-7-9(14)2-1-3-10(7)15/h1-5H,6H2. The summed E-state index contributed by atoms with van der Waals surface area (Å²) >= 11 is 9.02. The highest BCUT2D eigenvalue weighted by atomic mass is 79.9. The second-order valence-corrected chi connectivity index (χ2v) is 4.66. The summed E-state index contributed by atoms with van der Waals surface area (Å²) in [5.74, 6) is -0.647. The van der Waals surface area contributed by atoms with Crippen molar-refractivity contribution in [3.8, 4) is 0 Å². The van der Waals surface area contributed by atoms with Crippen LogP contribution >= 0.6 is 27.5 Å². The lowest BCUT2D eigenvalue weighted by molar-refractivity contribution is 0.0964. The highest BCUT2D eigenvalue weighted by molar-refractivity contribution is 9.10. The van der Waals surface area contributed by atoms with E-state index >= 15 is 0 Å². The summed E-state index contributed by atoms with van der Waals surface area (Å²) in [5, 5.41) is 0.237. The smallest absolute Gasteiger partial charge is 0.203 e. The zero-order valence-corrected chi connectivity index (χ0v) is 10.9. The first-order valence-corrected chi connectivity index (χ1v) is 5.95. The van der Waals surface area contributed by atoms with E-state index in [2.05, 4.69) is 15.9 Å². The lowest BCUT2D eigenvalue weighted by Crippen LogP contribution is -2.05. The third-order valence-electron chi connectivity index (χ3n) is 2.27. The van der Waals surface area contributed by atoms with Gasteiger partial charge in [-0.25, -0.2) is 4.39 Å². The van der Waals surface area contributed by atoms with E-state index in [4.69, 9.17) is 16.0 Å². The van der Waals surface area contributed by atoms with Crippen molar-refractivity contribution in [2.24, 2.45) is 0 Å². The summed E-state index contributed by atoms with van der Waals surface area (Å²) in [6.45, 7) is 0. The predicted molar refractivity (Wildman–Crippen MR) is 65.9 cm³/mol. The summed E-state index contributed by atoms with van der Waals surface area (Å²) in [6.07, 6.45) is 1.26. The number of halogens is 3. The number of carbonyl (C=O) groups is 1. The van der Waals surface area contributed by atoms with Crippen molar-refractivity contribution in [2.45, 2.75) is 6.42 Å². The molecule has 0 radical (unpaired) electrons. The number of rotatable bonds is 3. The van der Waals surface area contributed by atoms with E-state index in [1.165, 1.54) is 18.4 Å². The van der Waals surface area contributed by atoms with E-state index in [1.54, 1.807) is 12.1 Å². The largest absolute Gasteiger partial charge is 0.460 e. The average molecular weight is 318 g/mol. The van der Waals surface area contributed by atoms with Crippen LogP contribution in [0, 0.1) is 5.82 Å². The summed E-state index contributed by atoms with van der Waals surface area (Å²) in [7, 11) is 0. The number of hydrogen-bond donors (Lipinski definition) is 0. The van der Waals surface area contributed by atoms with E-state index < -0.39 is 5.82 Å². The van der Waals surface area contributed by atoms with Crippen molar-refractivity contribution >= 4 is 33.3 Å². The molecule has 5 heteroatoms. The number of furan rings is 1. The van der Waals surface area contributed by atoms with E-state index in [0.29, 0.717) is 4.47 Å². The van der Waals surface area contributed by atoms with Crippen molar-refractivity contribution in [1.29, 1.82) is 0 Å². The van der Waals surface area contributed by atoms with Crippen LogP contribution in [0.5, 0.6) is 0 Å². The SMILES string of the molecule is O=C(Cc1c(F)cccc1Cl)c1occc1Br. The molecule has 0 saturated carbocycles. The molecule has 0 aliphatic carbocycles. The second kappa shape index (κ2) is 5.02. The van der Waals surface area contributed by atoms with Gasteiger partial charge in [-0.3, -0.25) is 4.79 Å². The molecule has 0 bridgehead atoms. The van der Waals surface area contributed by atoms with E-state index in [-0.39, 0.29) is 28.6 Å². The Labute approximate surface area is 111 Å². The van der Waals surface area contributed by atoms with Gasteiger partial charge in [0.25, 0.3) is 0 Å².